The molecule has 2 aromatic heterocycles. The van der Waals surface area contributed by atoms with E-state index in [4.69, 9.17) is 28.4 Å². The van der Waals surface area contributed by atoms with Crippen LogP contribution in [-0.4, -0.2) is 95.9 Å². The number of hydrogen-bond donors (Lipinski definition) is 0. The van der Waals surface area contributed by atoms with Gasteiger partial charge in [-0.2, -0.15) is 0 Å². The zero-order valence-corrected chi connectivity index (χ0v) is 24.7. The largest absolute Gasteiger partial charge is 0.462 e. The number of carbonyl (C=O) groups is 4. The smallest absolute Gasteiger partial charge is 0.412 e. The Morgan fingerprint density at radius 3 is 1.40 bits per heavy atom. The van der Waals surface area contributed by atoms with Crippen LogP contribution >= 0.6 is 22.7 Å². The molecule has 0 aliphatic carbocycles. The van der Waals surface area contributed by atoms with Crippen LogP contribution in [0, 0.1) is 13.8 Å². The molecule has 0 radical (unpaired) electrons. The highest BCUT2D eigenvalue weighted by Gasteiger charge is 2.30. The van der Waals surface area contributed by atoms with Gasteiger partial charge in [0.2, 0.25) is 24.3 Å². The molecule has 0 N–H and O–H groups in total. The first-order valence-corrected chi connectivity index (χ1v) is 14.2. The van der Waals surface area contributed by atoms with Crippen molar-refractivity contribution in [2.24, 2.45) is 0 Å². The van der Waals surface area contributed by atoms with Crippen molar-refractivity contribution in [1.82, 2.24) is 19.8 Å². The van der Waals surface area contributed by atoms with Gasteiger partial charge in [0.05, 0.1) is 23.2 Å². The fourth-order valence-electron chi connectivity index (χ4n) is 3.49. The number of piperazine rings is 1. The Morgan fingerprint density at radius 1 is 0.725 bits per heavy atom. The van der Waals surface area contributed by atoms with Gasteiger partial charge >= 0.3 is 24.1 Å². The molecule has 220 valence electrons. The third-order valence-corrected chi connectivity index (χ3v) is 7.08. The van der Waals surface area contributed by atoms with Crippen molar-refractivity contribution in [2.75, 3.05) is 39.4 Å². The van der Waals surface area contributed by atoms with Crippen LogP contribution in [0.2, 0.25) is 0 Å². The summed E-state index contributed by atoms with van der Waals surface area (Å²) in [7, 11) is 0. The van der Waals surface area contributed by atoms with Crippen molar-refractivity contribution in [3.63, 3.8) is 0 Å². The summed E-state index contributed by atoms with van der Waals surface area (Å²) in [6, 6.07) is 0. The standard InChI is InChI=1S/C24H32N4O10S2/c1-7-33-21(29)17-19(25-13(3)39-17)35-15(5)37-23(31)27-9-11-28(12-10-27)24(32)38-16(6)36-20-18(22(30)34-8-2)40-14(4)26-20/h15-16H,7-12H2,1-6H3/t15-,16-/m1/s1. The number of carbonyl (C=O) groups excluding carboxylic acids is 4. The molecule has 1 fully saturated rings. The van der Waals surface area contributed by atoms with Gasteiger partial charge in [0.15, 0.2) is 9.75 Å². The second-order valence-corrected chi connectivity index (χ2v) is 10.7. The lowest BCUT2D eigenvalue weighted by atomic mass is 10.3. The lowest BCUT2D eigenvalue weighted by Gasteiger charge is -2.34. The second-order valence-electron chi connectivity index (χ2n) is 8.29. The number of aryl methyl sites for hydroxylation is 2. The Kier molecular flexibility index (Phi) is 10.9. The van der Waals surface area contributed by atoms with Gasteiger partial charge in [0.25, 0.3) is 0 Å². The highest BCUT2D eigenvalue weighted by Crippen LogP contribution is 2.28. The Morgan fingerprint density at radius 2 is 1.07 bits per heavy atom. The first kappa shape index (κ1) is 30.9. The first-order chi connectivity index (χ1) is 19.0. The van der Waals surface area contributed by atoms with Gasteiger partial charge in [-0.3, -0.25) is 0 Å². The lowest BCUT2D eigenvalue weighted by Crippen LogP contribution is -2.52. The second kappa shape index (κ2) is 14.1. The van der Waals surface area contributed by atoms with E-state index in [0.717, 1.165) is 22.7 Å². The number of ether oxygens (including phenoxy) is 6. The molecule has 0 saturated carbocycles. The highest BCUT2D eigenvalue weighted by molar-refractivity contribution is 7.14. The number of nitrogens with zero attached hydrogens (tertiary/aromatic N) is 4. The SMILES string of the molecule is CCOC(=O)c1sc(C)nc1O[C@@H](C)OC(=O)N1CCN(C(=O)O[C@H](C)Oc2nc(C)sc2C(=O)OCC)CC1. The van der Waals surface area contributed by atoms with Crippen LogP contribution in [0.5, 0.6) is 11.8 Å². The molecule has 0 spiro atoms. The highest BCUT2D eigenvalue weighted by atomic mass is 32.1. The third kappa shape index (κ3) is 8.17. The molecule has 0 bridgehead atoms. The van der Waals surface area contributed by atoms with Gasteiger partial charge in [-0.05, 0) is 27.7 Å². The molecule has 16 heteroatoms. The molecule has 1 aliphatic rings. The van der Waals surface area contributed by atoms with Crippen molar-refractivity contribution in [1.29, 1.82) is 0 Å². The van der Waals surface area contributed by atoms with E-state index in [1.165, 1.54) is 23.6 Å². The van der Waals surface area contributed by atoms with Crippen molar-refractivity contribution in [2.45, 2.75) is 54.1 Å². The summed E-state index contributed by atoms with van der Waals surface area (Å²) >= 11 is 2.24. The fourth-order valence-corrected chi connectivity index (χ4v) is 4.99. The zero-order chi connectivity index (χ0) is 29.4. The molecule has 2 atom stereocenters. The molecule has 2 amide bonds. The molecule has 3 rings (SSSR count). The lowest BCUT2D eigenvalue weighted by molar-refractivity contribution is -0.0501. The van der Waals surface area contributed by atoms with E-state index in [2.05, 4.69) is 9.97 Å². The topological polar surface area (TPSA) is 156 Å². The van der Waals surface area contributed by atoms with Gasteiger partial charge in [-0.25, -0.2) is 29.1 Å². The van der Waals surface area contributed by atoms with Gasteiger partial charge < -0.3 is 38.2 Å². The van der Waals surface area contributed by atoms with Crippen LogP contribution in [0.3, 0.4) is 0 Å². The van der Waals surface area contributed by atoms with Gasteiger partial charge in [0, 0.05) is 40.0 Å². The molecule has 1 saturated heterocycles. The maximum atomic E-state index is 12.6. The van der Waals surface area contributed by atoms with E-state index in [9.17, 15) is 19.2 Å². The minimum atomic E-state index is -1.03. The molecular formula is C24H32N4O10S2. The average Bonchev–Trinajstić information content (AvgIpc) is 3.45. The number of thiazole rings is 2. The molecule has 14 nitrogen and oxygen atoms in total. The summed E-state index contributed by atoms with van der Waals surface area (Å²) in [6.07, 6.45) is -3.35. The van der Waals surface area contributed by atoms with Crippen LogP contribution < -0.4 is 9.47 Å². The Balaban J connectivity index is 1.46. The zero-order valence-electron chi connectivity index (χ0n) is 23.1. The Hall–Kier alpha value is -3.66. The van der Waals surface area contributed by atoms with E-state index in [1.807, 2.05) is 0 Å². The van der Waals surface area contributed by atoms with Crippen LogP contribution in [0.4, 0.5) is 9.59 Å². The van der Waals surface area contributed by atoms with Crippen molar-refractivity contribution < 1.29 is 47.6 Å². The van der Waals surface area contributed by atoms with E-state index in [0.29, 0.717) is 10.0 Å². The summed E-state index contributed by atoms with van der Waals surface area (Å²) < 4.78 is 31.9. The van der Waals surface area contributed by atoms with E-state index < -0.39 is 36.7 Å². The minimum Gasteiger partial charge on any atom is -0.462 e. The number of amides is 2. The monoisotopic (exact) mass is 600 g/mol. The van der Waals surface area contributed by atoms with Gasteiger partial charge in [-0.1, -0.05) is 0 Å². The van der Waals surface area contributed by atoms with Crippen molar-refractivity contribution in [3.8, 4) is 11.8 Å². The average molecular weight is 601 g/mol. The molecule has 40 heavy (non-hydrogen) atoms. The predicted octanol–water partition coefficient (Wildman–Crippen LogP) is 3.61. The normalized spacial score (nSPS) is 14.7. The number of esters is 2. The molecular weight excluding hydrogens is 568 g/mol. The summed E-state index contributed by atoms with van der Waals surface area (Å²) in [4.78, 5) is 61.1. The summed E-state index contributed by atoms with van der Waals surface area (Å²) in [5, 5.41) is 1.20. The predicted molar refractivity (Wildman–Crippen MR) is 142 cm³/mol. The Bertz CT molecular complexity index is 1120. The number of hydrogen-bond acceptors (Lipinski definition) is 14. The van der Waals surface area contributed by atoms with Crippen molar-refractivity contribution in [3.05, 3.63) is 19.8 Å². The molecule has 1 aliphatic heterocycles. The fraction of sp³-hybridized carbons (Fsp3) is 0.583. The van der Waals surface area contributed by atoms with Crippen LogP contribution in [0.1, 0.15) is 57.1 Å². The molecule has 0 unspecified atom stereocenters. The first-order valence-electron chi connectivity index (χ1n) is 12.6. The molecule has 2 aromatic rings. The number of rotatable bonds is 10. The number of aromatic nitrogens is 2. The minimum absolute atomic E-state index is 0.0346. The van der Waals surface area contributed by atoms with Gasteiger partial charge in [0.1, 0.15) is 0 Å². The van der Waals surface area contributed by atoms with Crippen LogP contribution in [-0.2, 0) is 18.9 Å². The van der Waals surface area contributed by atoms with E-state index in [1.54, 1.807) is 27.7 Å². The summed E-state index contributed by atoms with van der Waals surface area (Å²) in [6.45, 7) is 11.0. The summed E-state index contributed by atoms with van der Waals surface area (Å²) in [5.74, 6) is -1.06. The van der Waals surface area contributed by atoms with Crippen molar-refractivity contribution >= 4 is 46.8 Å². The summed E-state index contributed by atoms with van der Waals surface area (Å²) in [5.41, 5.74) is 0. The van der Waals surface area contributed by atoms with Crippen LogP contribution in [0.15, 0.2) is 0 Å². The maximum absolute atomic E-state index is 12.6. The van der Waals surface area contributed by atoms with Gasteiger partial charge in [-0.15, -0.1) is 22.7 Å². The van der Waals surface area contributed by atoms with E-state index >= 15 is 0 Å². The molecule has 0 aromatic carbocycles. The quantitative estimate of drug-likeness (QED) is 0.222. The van der Waals surface area contributed by atoms with Crippen LogP contribution in [0.25, 0.3) is 0 Å². The third-order valence-electron chi connectivity index (χ3n) is 5.21. The Labute approximate surface area is 239 Å². The van der Waals surface area contributed by atoms with E-state index in [-0.39, 0.29) is 60.9 Å². The maximum Gasteiger partial charge on any atom is 0.412 e. The molecule has 3 heterocycles.